The Morgan fingerprint density at radius 3 is 2.39 bits per heavy atom. The van der Waals surface area contributed by atoms with E-state index in [1.807, 2.05) is 13.8 Å². The molecule has 0 aliphatic rings. The van der Waals surface area contributed by atoms with Gasteiger partial charge in [0.1, 0.15) is 5.25 Å². The van der Waals surface area contributed by atoms with Crippen LogP contribution in [0.5, 0.6) is 0 Å². The van der Waals surface area contributed by atoms with Crippen molar-refractivity contribution in [2.24, 2.45) is 5.92 Å². The fraction of sp³-hybridized carbons (Fsp3) is 0.944. The minimum absolute atomic E-state index is 0.0532. The van der Waals surface area contributed by atoms with Gasteiger partial charge in [-0.25, -0.2) is 8.78 Å². The second-order valence-electron chi connectivity index (χ2n) is 6.55. The van der Waals surface area contributed by atoms with Crippen LogP contribution in [0.25, 0.3) is 0 Å². The van der Waals surface area contributed by atoms with Gasteiger partial charge in [-0.1, -0.05) is 47.0 Å². The van der Waals surface area contributed by atoms with Crippen LogP contribution in [0, 0.1) is 5.92 Å². The van der Waals surface area contributed by atoms with Crippen LogP contribution in [-0.2, 0) is 9.53 Å². The molecule has 0 amide bonds. The van der Waals surface area contributed by atoms with E-state index in [1.54, 1.807) is 11.8 Å². The molecule has 0 rings (SSSR count). The molecular formula is C18H34F2O2S. The quantitative estimate of drug-likeness (QED) is 0.280. The van der Waals surface area contributed by atoms with E-state index in [2.05, 4.69) is 6.92 Å². The molecule has 0 radical (unpaired) electrons. The van der Waals surface area contributed by atoms with Gasteiger partial charge in [0.15, 0.2) is 0 Å². The maximum Gasteiger partial charge on any atom is 0.319 e. The molecule has 0 N–H and O–H groups in total. The van der Waals surface area contributed by atoms with Crippen LogP contribution >= 0.6 is 11.8 Å². The van der Waals surface area contributed by atoms with Gasteiger partial charge in [-0.15, -0.1) is 11.8 Å². The van der Waals surface area contributed by atoms with Gasteiger partial charge in [0.25, 0.3) is 0 Å². The number of rotatable bonds is 14. The summed E-state index contributed by atoms with van der Waals surface area (Å²) in [6, 6.07) is 0. The van der Waals surface area contributed by atoms with Crippen molar-refractivity contribution in [2.45, 2.75) is 90.2 Å². The second kappa shape index (κ2) is 13.0. The highest BCUT2D eigenvalue weighted by atomic mass is 32.2. The average molecular weight is 353 g/mol. The minimum Gasteiger partial charge on any atom is -0.465 e. The zero-order chi connectivity index (χ0) is 17.7. The van der Waals surface area contributed by atoms with Crippen LogP contribution in [0.15, 0.2) is 0 Å². The number of hydrogen-bond donors (Lipinski definition) is 0. The van der Waals surface area contributed by atoms with Crippen LogP contribution in [-0.4, -0.2) is 29.5 Å². The summed E-state index contributed by atoms with van der Waals surface area (Å²) in [6.07, 6.45) is 5.14. The lowest BCUT2D eigenvalue weighted by Crippen LogP contribution is -2.23. The first-order chi connectivity index (χ1) is 10.8. The van der Waals surface area contributed by atoms with Crippen molar-refractivity contribution in [2.75, 3.05) is 12.4 Å². The fourth-order valence-electron chi connectivity index (χ4n) is 2.08. The standard InChI is InChI=1S/C18H34F2O2S/c1-5-7-8-11-16(17(21)22-14-15(3)4)23-13-10-9-12-18(19,20)6-2/h15-16H,5-14H2,1-4H3. The van der Waals surface area contributed by atoms with Gasteiger partial charge in [0.2, 0.25) is 5.92 Å². The van der Waals surface area contributed by atoms with Crippen molar-refractivity contribution in [3.8, 4) is 0 Å². The van der Waals surface area contributed by atoms with Gasteiger partial charge in [-0.3, -0.25) is 4.79 Å². The van der Waals surface area contributed by atoms with Gasteiger partial charge in [-0.2, -0.15) is 0 Å². The molecule has 138 valence electrons. The highest BCUT2D eigenvalue weighted by Gasteiger charge is 2.25. The number of ether oxygens (including phenoxy) is 1. The van der Waals surface area contributed by atoms with E-state index in [4.69, 9.17) is 4.74 Å². The number of hydrogen-bond acceptors (Lipinski definition) is 3. The van der Waals surface area contributed by atoms with Crippen molar-refractivity contribution in [1.82, 2.24) is 0 Å². The van der Waals surface area contributed by atoms with E-state index in [-0.39, 0.29) is 24.1 Å². The summed E-state index contributed by atoms with van der Waals surface area (Å²) in [7, 11) is 0. The van der Waals surface area contributed by atoms with E-state index in [0.717, 1.165) is 37.9 Å². The van der Waals surface area contributed by atoms with E-state index >= 15 is 0 Å². The molecule has 0 aliphatic carbocycles. The molecular weight excluding hydrogens is 318 g/mol. The maximum absolute atomic E-state index is 13.2. The number of carbonyl (C=O) groups is 1. The first-order valence-electron chi connectivity index (χ1n) is 8.98. The molecule has 0 aromatic heterocycles. The number of halogens is 2. The number of thioether (sulfide) groups is 1. The van der Waals surface area contributed by atoms with Crippen LogP contribution in [0.4, 0.5) is 8.78 Å². The molecule has 0 fully saturated rings. The Balaban J connectivity index is 4.12. The summed E-state index contributed by atoms with van der Waals surface area (Å²) in [6.45, 7) is 8.13. The van der Waals surface area contributed by atoms with Crippen molar-refractivity contribution >= 4 is 17.7 Å². The smallest absolute Gasteiger partial charge is 0.319 e. The van der Waals surface area contributed by atoms with Crippen molar-refractivity contribution in [3.05, 3.63) is 0 Å². The zero-order valence-electron chi connectivity index (χ0n) is 15.2. The molecule has 5 heteroatoms. The molecule has 0 aliphatic heterocycles. The molecule has 0 spiro atoms. The Hall–Kier alpha value is -0.320. The van der Waals surface area contributed by atoms with E-state index in [1.165, 1.54) is 6.92 Å². The van der Waals surface area contributed by atoms with Crippen molar-refractivity contribution < 1.29 is 18.3 Å². The number of unbranched alkanes of at least 4 members (excludes halogenated alkanes) is 3. The molecule has 0 bridgehead atoms. The first-order valence-corrected chi connectivity index (χ1v) is 10.0. The van der Waals surface area contributed by atoms with Gasteiger partial charge >= 0.3 is 5.97 Å². The average Bonchev–Trinajstić information content (AvgIpc) is 2.50. The SMILES string of the molecule is CCCCCC(SCCCCC(F)(F)CC)C(=O)OCC(C)C. The summed E-state index contributed by atoms with van der Waals surface area (Å²) >= 11 is 1.57. The van der Waals surface area contributed by atoms with E-state index < -0.39 is 5.92 Å². The number of esters is 1. The normalized spacial score (nSPS) is 13.3. The third kappa shape index (κ3) is 12.7. The molecule has 2 nitrogen and oxygen atoms in total. The Labute approximate surface area is 145 Å². The monoisotopic (exact) mass is 352 g/mol. The third-order valence-corrected chi connectivity index (χ3v) is 5.02. The molecule has 1 atom stereocenters. The second-order valence-corrected chi connectivity index (χ2v) is 7.86. The van der Waals surface area contributed by atoms with Crippen molar-refractivity contribution in [1.29, 1.82) is 0 Å². The highest BCUT2D eigenvalue weighted by molar-refractivity contribution is 8.00. The molecule has 0 heterocycles. The minimum atomic E-state index is -2.54. The molecule has 0 aromatic carbocycles. The van der Waals surface area contributed by atoms with E-state index in [9.17, 15) is 13.6 Å². The lowest BCUT2D eigenvalue weighted by molar-refractivity contribution is -0.144. The third-order valence-electron chi connectivity index (χ3n) is 3.66. The number of alkyl halides is 2. The predicted octanol–water partition coefficient (Wildman–Crippen LogP) is 6.08. The summed E-state index contributed by atoms with van der Waals surface area (Å²) in [5.74, 6) is -1.61. The van der Waals surface area contributed by atoms with Gasteiger partial charge in [-0.05, 0) is 30.9 Å². The largest absolute Gasteiger partial charge is 0.465 e. The molecule has 0 saturated carbocycles. The van der Waals surface area contributed by atoms with Gasteiger partial charge < -0.3 is 4.74 Å². The summed E-state index contributed by atoms with van der Waals surface area (Å²) < 4.78 is 31.7. The van der Waals surface area contributed by atoms with Gasteiger partial charge in [0.05, 0.1) is 6.61 Å². The maximum atomic E-state index is 13.2. The molecule has 1 unspecified atom stereocenters. The van der Waals surface area contributed by atoms with E-state index in [0.29, 0.717) is 18.9 Å². The Morgan fingerprint density at radius 2 is 1.83 bits per heavy atom. The lowest BCUT2D eigenvalue weighted by Gasteiger charge is -2.17. The first kappa shape index (κ1) is 22.7. The Bertz CT molecular complexity index is 309. The zero-order valence-corrected chi connectivity index (χ0v) is 16.0. The summed E-state index contributed by atoms with van der Waals surface area (Å²) in [5.41, 5.74) is 0. The summed E-state index contributed by atoms with van der Waals surface area (Å²) in [5, 5.41) is -0.146. The lowest BCUT2D eigenvalue weighted by atomic mass is 10.1. The predicted molar refractivity (Wildman–Crippen MR) is 95.3 cm³/mol. The topological polar surface area (TPSA) is 26.3 Å². The van der Waals surface area contributed by atoms with Crippen LogP contribution in [0.3, 0.4) is 0 Å². The fourth-order valence-corrected chi connectivity index (χ4v) is 3.27. The Morgan fingerprint density at radius 1 is 1.13 bits per heavy atom. The molecule has 0 saturated heterocycles. The van der Waals surface area contributed by atoms with Crippen LogP contribution < -0.4 is 0 Å². The van der Waals surface area contributed by atoms with Crippen LogP contribution in [0.2, 0.25) is 0 Å². The van der Waals surface area contributed by atoms with Crippen molar-refractivity contribution in [3.63, 3.8) is 0 Å². The molecule has 23 heavy (non-hydrogen) atoms. The van der Waals surface area contributed by atoms with Crippen LogP contribution in [0.1, 0.15) is 79.1 Å². The highest BCUT2D eigenvalue weighted by Crippen LogP contribution is 2.26. The molecule has 0 aromatic rings. The summed E-state index contributed by atoms with van der Waals surface area (Å²) in [4.78, 5) is 12.1. The van der Waals surface area contributed by atoms with Gasteiger partial charge in [0, 0.05) is 12.8 Å². The number of carbonyl (C=O) groups excluding carboxylic acids is 1. The Kier molecular flexibility index (Phi) is 12.8.